The fraction of sp³-hybridized carbons (Fsp3) is 0.538. The minimum Gasteiger partial charge on any atom is -0.489 e. The summed E-state index contributed by atoms with van der Waals surface area (Å²) in [6, 6.07) is 18.3. The number of aliphatic hydroxyl groups is 1. The molecule has 0 aromatic heterocycles. The number of hydrogen-bond acceptors (Lipinski definition) is 2. The van der Waals surface area contributed by atoms with Crippen LogP contribution in [0.15, 0.2) is 54.6 Å². The van der Waals surface area contributed by atoms with Gasteiger partial charge in [-0.15, -0.1) is 0 Å². The predicted molar refractivity (Wildman–Crippen MR) is 112 cm³/mol. The first-order valence-corrected chi connectivity index (χ1v) is 11.1. The van der Waals surface area contributed by atoms with Crippen LogP contribution in [0.3, 0.4) is 0 Å². The van der Waals surface area contributed by atoms with Gasteiger partial charge >= 0.3 is 0 Å². The normalized spacial score (nSPS) is 31.7. The van der Waals surface area contributed by atoms with Crippen molar-refractivity contribution in [3.8, 4) is 5.75 Å². The van der Waals surface area contributed by atoms with Crippen molar-refractivity contribution in [2.24, 2.45) is 23.2 Å². The Morgan fingerprint density at radius 3 is 2.07 bits per heavy atom. The zero-order valence-electron chi connectivity index (χ0n) is 16.7. The Balaban J connectivity index is 1.15. The molecule has 0 heterocycles. The van der Waals surface area contributed by atoms with Gasteiger partial charge in [0.2, 0.25) is 0 Å². The molecule has 0 spiro atoms. The van der Waals surface area contributed by atoms with Gasteiger partial charge in [-0.2, -0.15) is 0 Å². The SMILES string of the molecule is OC(CCC12CC3CC(CC(C3)C1)C2)c1ccc(OCc2ccccc2)cc1. The Morgan fingerprint density at radius 2 is 1.46 bits per heavy atom. The third-order valence-corrected chi connectivity index (χ3v) is 7.63. The topological polar surface area (TPSA) is 29.5 Å². The molecule has 148 valence electrons. The lowest BCUT2D eigenvalue weighted by Crippen LogP contribution is -2.46. The second kappa shape index (κ2) is 7.55. The van der Waals surface area contributed by atoms with Crippen molar-refractivity contribution >= 4 is 0 Å². The van der Waals surface area contributed by atoms with Crippen molar-refractivity contribution in [3.63, 3.8) is 0 Å². The van der Waals surface area contributed by atoms with Gasteiger partial charge in [-0.1, -0.05) is 42.5 Å². The molecule has 2 aromatic rings. The number of rotatable bonds is 7. The maximum Gasteiger partial charge on any atom is 0.119 e. The fourth-order valence-electron chi connectivity index (χ4n) is 6.73. The van der Waals surface area contributed by atoms with Gasteiger partial charge in [-0.25, -0.2) is 0 Å². The molecule has 6 rings (SSSR count). The Morgan fingerprint density at radius 1 is 0.857 bits per heavy atom. The minimum atomic E-state index is -0.351. The summed E-state index contributed by atoms with van der Waals surface area (Å²) < 4.78 is 5.87. The lowest BCUT2D eigenvalue weighted by molar-refractivity contribution is -0.0630. The minimum absolute atomic E-state index is 0.351. The lowest BCUT2D eigenvalue weighted by atomic mass is 9.48. The van der Waals surface area contributed by atoms with Gasteiger partial charge in [0.1, 0.15) is 12.4 Å². The molecule has 4 aliphatic rings. The van der Waals surface area contributed by atoms with Crippen molar-refractivity contribution in [2.45, 2.75) is 64.1 Å². The van der Waals surface area contributed by atoms with E-state index in [4.69, 9.17) is 4.74 Å². The third-order valence-electron chi connectivity index (χ3n) is 7.63. The molecule has 4 saturated carbocycles. The summed E-state index contributed by atoms with van der Waals surface area (Å²) in [7, 11) is 0. The molecule has 4 fully saturated rings. The fourth-order valence-corrected chi connectivity index (χ4v) is 6.73. The first-order chi connectivity index (χ1) is 13.7. The highest BCUT2D eigenvalue weighted by Gasteiger charge is 2.50. The van der Waals surface area contributed by atoms with Crippen LogP contribution in [0, 0.1) is 23.2 Å². The molecule has 4 aliphatic carbocycles. The Kier molecular flexibility index (Phi) is 4.92. The van der Waals surface area contributed by atoms with E-state index in [-0.39, 0.29) is 6.10 Å². The summed E-state index contributed by atoms with van der Waals surface area (Å²) in [6.07, 6.45) is 10.5. The molecule has 2 heteroatoms. The molecule has 4 bridgehead atoms. The van der Waals surface area contributed by atoms with E-state index in [9.17, 15) is 5.11 Å². The summed E-state index contributed by atoms with van der Waals surface area (Å²) in [4.78, 5) is 0. The average molecular weight is 377 g/mol. The van der Waals surface area contributed by atoms with Crippen molar-refractivity contribution in [1.82, 2.24) is 0 Å². The zero-order chi connectivity index (χ0) is 19.0. The molecule has 1 atom stereocenters. The molecule has 1 N–H and O–H groups in total. The van der Waals surface area contributed by atoms with Gasteiger partial charge in [0.25, 0.3) is 0 Å². The summed E-state index contributed by atoms with van der Waals surface area (Å²) in [5, 5.41) is 10.8. The van der Waals surface area contributed by atoms with E-state index in [2.05, 4.69) is 12.1 Å². The van der Waals surface area contributed by atoms with Crippen LogP contribution in [0.5, 0.6) is 5.75 Å². The predicted octanol–water partition coefficient (Wildman–Crippen LogP) is 6.30. The number of benzene rings is 2. The van der Waals surface area contributed by atoms with Crippen molar-refractivity contribution in [3.05, 3.63) is 65.7 Å². The molecule has 0 saturated heterocycles. The average Bonchev–Trinajstić information content (AvgIpc) is 2.71. The van der Waals surface area contributed by atoms with Crippen LogP contribution in [0.1, 0.15) is 68.6 Å². The highest BCUT2D eigenvalue weighted by atomic mass is 16.5. The molecule has 2 aromatic carbocycles. The molecule has 1 unspecified atom stereocenters. The van der Waals surface area contributed by atoms with Crippen LogP contribution in [-0.4, -0.2) is 5.11 Å². The van der Waals surface area contributed by atoms with Gasteiger partial charge in [0.05, 0.1) is 6.10 Å². The second-order valence-corrected chi connectivity index (χ2v) is 9.82. The quantitative estimate of drug-likeness (QED) is 0.615. The molecular formula is C26H32O2. The van der Waals surface area contributed by atoms with E-state index in [1.165, 1.54) is 50.5 Å². The Hall–Kier alpha value is -1.80. The van der Waals surface area contributed by atoms with E-state index in [1.807, 2.05) is 42.5 Å². The van der Waals surface area contributed by atoms with Gasteiger partial charge in [0.15, 0.2) is 0 Å². The second-order valence-electron chi connectivity index (χ2n) is 9.82. The van der Waals surface area contributed by atoms with E-state index < -0.39 is 0 Å². The number of ether oxygens (including phenoxy) is 1. The van der Waals surface area contributed by atoms with Crippen LogP contribution in [0.2, 0.25) is 0 Å². The standard InChI is InChI=1S/C26H32O2/c27-25(10-11-26-15-20-12-21(16-26)14-22(13-20)17-26)23-6-8-24(9-7-23)28-18-19-4-2-1-3-5-19/h1-9,20-22,25,27H,10-18H2. The van der Waals surface area contributed by atoms with Crippen LogP contribution < -0.4 is 4.74 Å². The maximum atomic E-state index is 10.8. The highest BCUT2D eigenvalue weighted by molar-refractivity contribution is 5.29. The summed E-state index contributed by atoms with van der Waals surface area (Å²) in [6.45, 7) is 0.578. The van der Waals surface area contributed by atoms with Crippen LogP contribution in [0.4, 0.5) is 0 Å². The van der Waals surface area contributed by atoms with Crippen LogP contribution in [-0.2, 0) is 6.61 Å². The maximum absolute atomic E-state index is 10.8. The van der Waals surface area contributed by atoms with Crippen molar-refractivity contribution in [1.29, 1.82) is 0 Å². The van der Waals surface area contributed by atoms with E-state index >= 15 is 0 Å². The van der Waals surface area contributed by atoms with Crippen LogP contribution >= 0.6 is 0 Å². The lowest BCUT2D eigenvalue weighted by Gasteiger charge is -2.57. The molecule has 0 aliphatic heterocycles. The summed E-state index contributed by atoms with van der Waals surface area (Å²) >= 11 is 0. The highest BCUT2D eigenvalue weighted by Crippen LogP contribution is 2.61. The molecular weight excluding hydrogens is 344 g/mol. The molecule has 2 nitrogen and oxygen atoms in total. The van der Waals surface area contributed by atoms with Gasteiger partial charge < -0.3 is 9.84 Å². The van der Waals surface area contributed by atoms with E-state index in [0.29, 0.717) is 12.0 Å². The largest absolute Gasteiger partial charge is 0.489 e. The monoisotopic (exact) mass is 376 g/mol. The van der Waals surface area contributed by atoms with E-state index in [1.54, 1.807) is 0 Å². The smallest absolute Gasteiger partial charge is 0.119 e. The third kappa shape index (κ3) is 3.85. The number of aliphatic hydroxyl groups excluding tert-OH is 1. The Labute approximate surface area is 168 Å². The number of hydrogen-bond donors (Lipinski definition) is 1. The van der Waals surface area contributed by atoms with Gasteiger partial charge in [0, 0.05) is 0 Å². The molecule has 0 amide bonds. The van der Waals surface area contributed by atoms with Crippen LogP contribution in [0.25, 0.3) is 0 Å². The van der Waals surface area contributed by atoms with Crippen molar-refractivity contribution < 1.29 is 9.84 Å². The molecule has 28 heavy (non-hydrogen) atoms. The Bertz CT molecular complexity index is 745. The summed E-state index contributed by atoms with van der Waals surface area (Å²) in [5.74, 6) is 3.83. The molecule has 0 radical (unpaired) electrons. The van der Waals surface area contributed by atoms with Crippen molar-refractivity contribution in [2.75, 3.05) is 0 Å². The van der Waals surface area contributed by atoms with Gasteiger partial charge in [-0.05, 0) is 97.8 Å². The first-order valence-electron chi connectivity index (χ1n) is 11.1. The van der Waals surface area contributed by atoms with Gasteiger partial charge in [-0.3, -0.25) is 0 Å². The first kappa shape index (κ1) is 18.2. The zero-order valence-corrected chi connectivity index (χ0v) is 16.7. The van der Waals surface area contributed by atoms with E-state index in [0.717, 1.165) is 35.5 Å². The summed E-state index contributed by atoms with van der Waals surface area (Å²) in [5.41, 5.74) is 2.74.